The lowest BCUT2D eigenvalue weighted by molar-refractivity contribution is -0.142. The number of hydrogen-bond donors (Lipinski definition) is 1. The number of rotatable bonds is 8. The largest absolute Gasteiger partial charge is 0.465 e. The molecule has 0 saturated heterocycles. The minimum Gasteiger partial charge on any atom is -0.465 e. The number of ether oxygens (including phenoxy) is 2. The van der Waals surface area contributed by atoms with Crippen LogP contribution in [0.2, 0.25) is 0 Å². The first-order chi connectivity index (χ1) is 14.1. The van der Waals surface area contributed by atoms with Crippen LogP contribution in [0, 0.1) is 0 Å². The van der Waals surface area contributed by atoms with E-state index in [1.54, 1.807) is 36.7 Å². The average Bonchev–Trinajstić information content (AvgIpc) is 3.24. The fourth-order valence-corrected chi connectivity index (χ4v) is 3.73. The maximum atomic E-state index is 12.1. The van der Waals surface area contributed by atoms with Crippen molar-refractivity contribution in [3.8, 4) is 5.69 Å². The summed E-state index contributed by atoms with van der Waals surface area (Å²) in [5, 5.41) is 15.7. The van der Waals surface area contributed by atoms with Crippen molar-refractivity contribution in [2.45, 2.75) is 51.5 Å². The summed E-state index contributed by atoms with van der Waals surface area (Å²) in [5.74, 6) is -0.0694. The molecule has 1 N–H and O–H groups in total. The molecule has 0 atom stereocenters. The topological polar surface area (TPSA) is 108 Å². The molecular formula is C20H27N5O4. The first-order valence-corrected chi connectivity index (χ1v) is 10.1. The third kappa shape index (κ3) is 4.79. The summed E-state index contributed by atoms with van der Waals surface area (Å²) in [5.41, 5.74) is 0.565. The van der Waals surface area contributed by atoms with Gasteiger partial charge in [0.2, 0.25) is 0 Å². The van der Waals surface area contributed by atoms with Gasteiger partial charge in [-0.3, -0.25) is 10.1 Å². The Morgan fingerprint density at radius 1 is 1.14 bits per heavy atom. The Morgan fingerprint density at radius 3 is 2.62 bits per heavy atom. The van der Waals surface area contributed by atoms with Crippen LogP contribution in [0.25, 0.3) is 5.69 Å². The van der Waals surface area contributed by atoms with Crippen molar-refractivity contribution >= 4 is 11.9 Å². The van der Waals surface area contributed by atoms with Gasteiger partial charge in [0, 0.05) is 0 Å². The van der Waals surface area contributed by atoms with Crippen molar-refractivity contribution in [2.24, 2.45) is 0 Å². The Balaban J connectivity index is 1.92. The molecule has 1 fully saturated rings. The summed E-state index contributed by atoms with van der Waals surface area (Å²) in [7, 11) is 0. The van der Waals surface area contributed by atoms with Gasteiger partial charge in [-0.05, 0) is 55.3 Å². The van der Waals surface area contributed by atoms with Gasteiger partial charge < -0.3 is 9.47 Å². The first kappa shape index (κ1) is 20.9. The summed E-state index contributed by atoms with van der Waals surface area (Å²) < 4.78 is 11.8. The van der Waals surface area contributed by atoms with Crippen LogP contribution in [-0.4, -0.2) is 51.9 Å². The molecule has 0 spiro atoms. The second-order valence-electron chi connectivity index (χ2n) is 6.99. The van der Waals surface area contributed by atoms with Gasteiger partial charge in [-0.2, -0.15) is 4.68 Å². The van der Waals surface area contributed by atoms with E-state index in [9.17, 15) is 9.59 Å². The smallest absolute Gasteiger partial charge is 0.338 e. The molecule has 9 nitrogen and oxygen atoms in total. The van der Waals surface area contributed by atoms with Gasteiger partial charge in [-0.1, -0.05) is 25.3 Å². The van der Waals surface area contributed by atoms with Crippen LogP contribution in [0.1, 0.15) is 62.1 Å². The van der Waals surface area contributed by atoms with E-state index >= 15 is 0 Å². The molecule has 1 aliphatic rings. The molecule has 0 radical (unpaired) electrons. The third-order valence-electron chi connectivity index (χ3n) is 5.08. The lowest BCUT2D eigenvalue weighted by atomic mass is 9.80. The third-order valence-corrected chi connectivity index (χ3v) is 5.08. The number of carbonyl (C=O) groups excluding carboxylic acids is 2. The molecule has 2 aromatic rings. The fraction of sp³-hybridized carbons (Fsp3) is 0.550. The summed E-state index contributed by atoms with van der Waals surface area (Å²) in [6.45, 7) is 4.28. The van der Waals surface area contributed by atoms with Crippen LogP contribution < -0.4 is 5.32 Å². The van der Waals surface area contributed by atoms with E-state index in [0.717, 1.165) is 32.1 Å². The summed E-state index contributed by atoms with van der Waals surface area (Å²) in [4.78, 5) is 24.0. The number of tetrazole rings is 1. The molecule has 3 rings (SSSR count). The molecule has 0 aliphatic heterocycles. The zero-order chi connectivity index (χ0) is 20.7. The van der Waals surface area contributed by atoms with Gasteiger partial charge in [-0.15, -0.1) is 5.10 Å². The highest BCUT2D eigenvalue weighted by molar-refractivity contribution is 5.90. The minimum atomic E-state index is -0.533. The highest BCUT2D eigenvalue weighted by Gasteiger charge is 2.39. The molecule has 1 aromatic heterocycles. The lowest BCUT2D eigenvalue weighted by Gasteiger charge is -2.36. The molecule has 1 heterocycles. The summed E-state index contributed by atoms with van der Waals surface area (Å²) in [6, 6.07) is 7.01. The predicted molar refractivity (Wildman–Crippen MR) is 105 cm³/mol. The number of carbonyl (C=O) groups is 2. The Bertz CT molecular complexity index is 845. The van der Waals surface area contributed by atoms with Crippen LogP contribution in [0.4, 0.5) is 0 Å². The van der Waals surface area contributed by atoms with Gasteiger partial charge in [0.1, 0.15) is 0 Å². The van der Waals surface area contributed by atoms with Crippen LogP contribution in [0.15, 0.2) is 24.3 Å². The molecule has 1 aliphatic carbocycles. The zero-order valence-corrected chi connectivity index (χ0v) is 16.9. The maximum Gasteiger partial charge on any atom is 0.338 e. The van der Waals surface area contributed by atoms with Gasteiger partial charge in [0.05, 0.1) is 36.5 Å². The van der Waals surface area contributed by atoms with E-state index in [4.69, 9.17) is 9.47 Å². The molecule has 9 heteroatoms. The monoisotopic (exact) mass is 401 g/mol. The predicted octanol–water partition coefficient (Wildman–Crippen LogP) is 2.15. The number of benzene rings is 1. The Labute approximate surface area is 169 Å². The molecule has 1 aromatic carbocycles. The number of esters is 2. The molecule has 156 valence electrons. The zero-order valence-electron chi connectivity index (χ0n) is 16.9. The van der Waals surface area contributed by atoms with Crippen LogP contribution in [0.3, 0.4) is 0 Å². The SMILES string of the molecule is CCOC(=O)CNC1(c2nnnn2-c2cccc(C(=O)OCC)c2)CCCCC1. The average molecular weight is 401 g/mol. The summed E-state index contributed by atoms with van der Waals surface area (Å²) >= 11 is 0. The second-order valence-corrected chi connectivity index (χ2v) is 6.99. The van der Waals surface area contributed by atoms with Gasteiger partial charge in [0.25, 0.3) is 0 Å². The van der Waals surface area contributed by atoms with E-state index in [-0.39, 0.29) is 12.5 Å². The quantitative estimate of drug-likeness (QED) is 0.671. The van der Waals surface area contributed by atoms with E-state index in [2.05, 4.69) is 20.8 Å². The van der Waals surface area contributed by atoms with Crippen molar-refractivity contribution in [3.63, 3.8) is 0 Å². The Kier molecular flexibility index (Phi) is 6.92. The standard InChI is InChI=1S/C20H27N5O4/c1-3-28-17(26)14-21-20(11-6-5-7-12-20)19-22-23-24-25(19)16-10-8-9-15(13-16)18(27)29-4-2/h8-10,13,21H,3-7,11-12,14H2,1-2H3. The van der Waals surface area contributed by atoms with Gasteiger partial charge in [-0.25, -0.2) is 4.79 Å². The van der Waals surface area contributed by atoms with Crippen LogP contribution >= 0.6 is 0 Å². The highest BCUT2D eigenvalue weighted by Crippen LogP contribution is 2.36. The summed E-state index contributed by atoms with van der Waals surface area (Å²) in [6.07, 6.45) is 4.76. The van der Waals surface area contributed by atoms with Crippen molar-refractivity contribution in [2.75, 3.05) is 19.8 Å². The van der Waals surface area contributed by atoms with Crippen molar-refractivity contribution in [1.82, 2.24) is 25.5 Å². The minimum absolute atomic E-state index is 0.0869. The molecular weight excluding hydrogens is 374 g/mol. The number of nitrogens with zero attached hydrogens (tertiary/aromatic N) is 4. The van der Waals surface area contributed by atoms with E-state index in [1.165, 1.54) is 0 Å². The maximum absolute atomic E-state index is 12.1. The fourth-order valence-electron chi connectivity index (χ4n) is 3.73. The lowest BCUT2D eigenvalue weighted by Crippen LogP contribution is -2.48. The second kappa shape index (κ2) is 9.60. The molecule has 0 bridgehead atoms. The van der Waals surface area contributed by atoms with Crippen LogP contribution in [-0.2, 0) is 19.8 Å². The van der Waals surface area contributed by atoms with Gasteiger partial charge >= 0.3 is 11.9 Å². The van der Waals surface area contributed by atoms with Crippen LogP contribution in [0.5, 0.6) is 0 Å². The number of nitrogens with one attached hydrogen (secondary N) is 1. The Hall–Kier alpha value is -2.81. The normalized spacial score (nSPS) is 15.7. The number of hydrogen-bond acceptors (Lipinski definition) is 8. The van der Waals surface area contributed by atoms with E-state index < -0.39 is 11.5 Å². The molecule has 1 saturated carbocycles. The van der Waals surface area contributed by atoms with Crippen molar-refractivity contribution < 1.29 is 19.1 Å². The highest BCUT2D eigenvalue weighted by atomic mass is 16.5. The van der Waals surface area contributed by atoms with Crippen molar-refractivity contribution in [1.29, 1.82) is 0 Å². The van der Waals surface area contributed by atoms with Crippen molar-refractivity contribution in [3.05, 3.63) is 35.7 Å². The van der Waals surface area contributed by atoms with E-state index in [0.29, 0.717) is 30.3 Å². The first-order valence-electron chi connectivity index (χ1n) is 10.1. The molecule has 29 heavy (non-hydrogen) atoms. The molecule has 0 unspecified atom stereocenters. The Morgan fingerprint density at radius 2 is 1.90 bits per heavy atom. The molecule has 0 amide bonds. The van der Waals surface area contributed by atoms with Gasteiger partial charge in [0.15, 0.2) is 5.82 Å². The number of aromatic nitrogens is 4. The van der Waals surface area contributed by atoms with E-state index in [1.807, 2.05) is 6.07 Å².